The minimum Gasteiger partial charge on any atom is -0.268 e. The molecule has 2 nitrogen and oxygen atoms in total. The van der Waals surface area contributed by atoms with Crippen molar-refractivity contribution in [2.24, 2.45) is 7.05 Å². The van der Waals surface area contributed by atoms with Gasteiger partial charge in [-0.3, -0.25) is 5.32 Å². The average molecular weight is 241 g/mol. The van der Waals surface area contributed by atoms with Crippen LogP contribution in [0.5, 0.6) is 0 Å². The summed E-state index contributed by atoms with van der Waals surface area (Å²) in [7, 11) is 3.64. The lowest BCUT2D eigenvalue weighted by Crippen LogP contribution is -2.31. The van der Waals surface area contributed by atoms with Gasteiger partial charge in [0.1, 0.15) is 17.3 Å². The molecule has 0 saturated carbocycles. The summed E-state index contributed by atoms with van der Waals surface area (Å²) in [5.41, 5.74) is 1.13. The second-order valence-electron chi connectivity index (χ2n) is 3.36. The van der Waals surface area contributed by atoms with Crippen LogP contribution in [-0.2, 0) is 7.05 Å². The topological polar surface area (TPSA) is 15.9 Å². The average Bonchev–Trinajstić information content (AvgIpc) is 2.60. The van der Waals surface area contributed by atoms with Crippen LogP contribution in [0.4, 0.5) is 13.9 Å². The van der Waals surface area contributed by atoms with Crippen LogP contribution in [0.3, 0.4) is 0 Å². The molecule has 0 radical (unpaired) electrons. The summed E-state index contributed by atoms with van der Waals surface area (Å²) in [5, 5.41) is 5.75. The zero-order chi connectivity index (χ0) is 11.7. The number of rotatable bonds is 2. The lowest BCUT2D eigenvalue weighted by molar-refractivity contribution is -0.641. The van der Waals surface area contributed by atoms with E-state index in [0.29, 0.717) is 5.56 Å². The molecule has 2 rings (SSSR count). The molecule has 0 fully saturated rings. The number of aromatic nitrogens is 1. The highest BCUT2D eigenvalue weighted by molar-refractivity contribution is 7.13. The van der Waals surface area contributed by atoms with E-state index < -0.39 is 11.6 Å². The molecule has 0 amide bonds. The Hall–Kier alpha value is -1.49. The van der Waals surface area contributed by atoms with Crippen LogP contribution in [0.2, 0.25) is 0 Å². The van der Waals surface area contributed by atoms with Crippen LogP contribution in [0.25, 0.3) is 11.3 Å². The maximum atomic E-state index is 13.6. The Morgan fingerprint density at radius 1 is 1.31 bits per heavy atom. The van der Waals surface area contributed by atoms with E-state index in [0.717, 1.165) is 16.9 Å². The largest absolute Gasteiger partial charge is 0.333 e. The molecule has 1 N–H and O–H groups in total. The first kappa shape index (κ1) is 11.0. The maximum absolute atomic E-state index is 13.6. The number of nitrogens with one attached hydrogen (secondary N) is 1. The molecule has 0 aliphatic carbocycles. The van der Waals surface area contributed by atoms with E-state index in [4.69, 9.17) is 0 Å². The number of halogens is 2. The van der Waals surface area contributed by atoms with E-state index in [1.165, 1.54) is 23.5 Å². The standard InChI is InChI=1S/C11H10F2N2S/c1-14-11-15(2)10(6-16-11)8-4-3-7(12)5-9(8)13/h3-6H,1-2H3/p+1. The molecule has 1 aromatic carbocycles. The second kappa shape index (κ2) is 4.17. The summed E-state index contributed by atoms with van der Waals surface area (Å²) < 4.78 is 28.2. The number of benzene rings is 1. The normalized spacial score (nSPS) is 10.5. The van der Waals surface area contributed by atoms with Gasteiger partial charge in [0.25, 0.3) is 0 Å². The molecule has 0 atom stereocenters. The van der Waals surface area contributed by atoms with Crippen LogP contribution in [0.1, 0.15) is 0 Å². The Morgan fingerprint density at radius 2 is 2.06 bits per heavy atom. The zero-order valence-electron chi connectivity index (χ0n) is 8.92. The fraction of sp³-hybridized carbons (Fsp3) is 0.182. The summed E-state index contributed by atoms with van der Waals surface area (Å²) in [6, 6.07) is 3.60. The Kier molecular flexibility index (Phi) is 2.87. The smallest absolute Gasteiger partial charge is 0.268 e. The van der Waals surface area contributed by atoms with E-state index in [2.05, 4.69) is 5.32 Å². The molecule has 84 valence electrons. The summed E-state index contributed by atoms with van der Waals surface area (Å²) in [6.07, 6.45) is 0. The maximum Gasteiger partial charge on any atom is 0.333 e. The van der Waals surface area contributed by atoms with Gasteiger partial charge < -0.3 is 0 Å². The molecule has 1 heterocycles. The van der Waals surface area contributed by atoms with Crippen molar-refractivity contribution in [1.29, 1.82) is 0 Å². The monoisotopic (exact) mass is 241 g/mol. The molecule has 0 spiro atoms. The van der Waals surface area contributed by atoms with Crippen molar-refractivity contribution in [2.45, 2.75) is 0 Å². The van der Waals surface area contributed by atoms with Gasteiger partial charge in [-0.2, -0.15) is 0 Å². The van der Waals surface area contributed by atoms with Crippen LogP contribution < -0.4 is 9.88 Å². The summed E-state index contributed by atoms with van der Waals surface area (Å²) >= 11 is 1.48. The molecule has 2 aromatic rings. The van der Waals surface area contributed by atoms with Gasteiger partial charge in [0, 0.05) is 11.4 Å². The number of hydrogen-bond acceptors (Lipinski definition) is 2. The molecule has 0 unspecified atom stereocenters. The van der Waals surface area contributed by atoms with Crippen molar-refractivity contribution in [3.63, 3.8) is 0 Å². The Bertz CT molecular complexity index is 523. The Balaban J connectivity index is 2.54. The molecule has 0 bridgehead atoms. The molecular weight excluding hydrogens is 230 g/mol. The van der Waals surface area contributed by atoms with Gasteiger partial charge in [-0.05, 0) is 12.1 Å². The van der Waals surface area contributed by atoms with Crippen molar-refractivity contribution in [2.75, 3.05) is 12.4 Å². The molecule has 0 aliphatic rings. The number of anilines is 1. The van der Waals surface area contributed by atoms with Crippen molar-refractivity contribution >= 4 is 16.5 Å². The Labute approximate surface area is 96.2 Å². The third kappa shape index (κ3) is 1.78. The van der Waals surface area contributed by atoms with Gasteiger partial charge in [0.15, 0.2) is 0 Å². The first-order valence-electron chi connectivity index (χ1n) is 4.74. The van der Waals surface area contributed by atoms with Gasteiger partial charge in [-0.15, -0.1) is 0 Å². The van der Waals surface area contributed by atoms with Crippen molar-refractivity contribution in [3.05, 3.63) is 35.2 Å². The van der Waals surface area contributed by atoms with Crippen molar-refractivity contribution in [1.82, 2.24) is 0 Å². The van der Waals surface area contributed by atoms with Gasteiger partial charge in [-0.25, -0.2) is 13.3 Å². The van der Waals surface area contributed by atoms with Crippen LogP contribution in [0, 0.1) is 11.6 Å². The third-order valence-electron chi connectivity index (χ3n) is 2.37. The van der Waals surface area contributed by atoms with E-state index in [1.54, 1.807) is 7.05 Å². The third-order valence-corrected chi connectivity index (χ3v) is 3.41. The number of thiazole rings is 1. The number of nitrogens with zero attached hydrogens (tertiary/aromatic N) is 1. The summed E-state index contributed by atoms with van der Waals surface area (Å²) in [4.78, 5) is 0. The van der Waals surface area contributed by atoms with Gasteiger partial charge in [0.05, 0.1) is 19.7 Å². The van der Waals surface area contributed by atoms with E-state index in [1.807, 2.05) is 17.0 Å². The molecule has 5 heteroatoms. The SMILES string of the molecule is CNc1scc(-c2ccc(F)cc2F)[n+]1C. The second-order valence-corrected chi connectivity index (χ2v) is 4.22. The summed E-state index contributed by atoms with van der Waals surface area (Å²) in [6.45, 7) is 0. The quantitative estimate of drug-likeness (QED) is 0.799. The number of hydrogen-bond donors (Lipinski definition) is 1. The molecule has 0 saturated heterocycles. The van der Waals surface area contributed by atoms with Crippen LogP contribution in [-0.4, -0.2) is 7.05 Å². The predicted molar refractivity (Wildman–Crippen MR) is 60.4 cm³/mol. The highest BCUT2D eigenvalue weighted by atomic mass is 32.1. The molecule has 16 heavy (non-hydrogen) atoms. The van der Waals surface area contributed by atoms with Crippen LogP contribution >= 0.6 is 11.3 Å². The molecule has 0 aliphatic heterocycles. The predicted octanol–water partition coefficient (Wildman–Crippen LogP) is 2.56. The Morgan fingerprint density at radius 3 is 2.62 bits per heavy atom. The van der Waals surface area contributed by atoms with Gasteiger partial charge in [-0.1, -0.05) is 11.3 Å². The van der Waals surface area contributed by atoms with E-state index in [9.17, 15) is 8.78 Å². The first-order valence-corrected chi connectivity index (χ1v) is 5.62. The minimum atomic E-state index is -0.562. The van der Waals surface area contributed by atoms with Crippen molar-refractivity contribution in [3.8, 4) is 11.3 Å². The fourth-order valence-electron chi connectivity index (χ4n) is 1.55. The highest BCUT2D eigenvalue weighted by Gasteiger charge is 2.17. The van der Waals surface area contributed by atoms with Gasteiger partial charge >= 0.3 is 5.13 Å². The van der Waals surface area contributed by atoms with Crippen molar-refractivity contribution < 1.29 is 13.3 Å². The lowest BCUT2D eigenvalue weighted by Gasteiger charge is -2.01. The molecular formula is C11H11F2N2S+. The van der Waals surface area contributed by atoms with E-state index in [-0.39, 0.29) is 0 Å². The van der Waals surface area contributed by atoms with E-state index >= 15 is 0 Å². The highest BCUT2D eigenvalue weighted by Crippen LogP contribution is 2.25. The first-order chi connectivity index (χ1) is 7.63. The zero-order valence-corrected chi connectivity index (χ0v) is 9.74. The van der Waals surface area contributed by atoms with Crippen LogP contribution in [0.15, 0.2) is 23.6 Å². The molecule has 1 aromatic heterocycles. The summed E-state index contributed by atoms with van der Waals surface area (Å²) in [5.74, 6) is -1.11. The fourth-order valence-corrected chi connectivity index (χ4v) is 2.43. The lowest BCUT2D eigenvalue weighted by atomic mass is 10.1. The minimum absolute atomic E-state index is 0.404. The van der Waals surface area contributed by atoms with Gasteiger partial charge in [0.2, 0.25) is 0 Å².